The van der Waals surface area contributed by atoms with Gasteiger partial charge >= 0.3 is 0 Å². The van der Waals surface area contributed by atoms with Gasteiger partial charge in [0, 0.05) is 16.3 Å². The highest BCUT2D eigenvalue weighted by molar-refractivity contribution is 7.90. The molecule has 2 N–H and O–H groups in total. The molecule has 0 heterocycles. The van der Waals surface area contributed by atoms with Crippen molar-refractivity contribution in [1.82, 2.24) is 0 Å². The van der Waals surface area contributed by atoms with E-state index < -0.39 is 21.4 Å². The van der Waals surface area contributed by atoms with Gasteiger partial charge in [-0.05, 0) is 48.9 Å². The number of hydrogen-bond acceptors (Lipinski definition) is 3. The molecular weight excluding hydrogens is 301 g/mol. The summed E-state index contributed by atoms with van der Waals surface area (Å²) in [6, 6.07) is 8.27. The van der Waals surface area contributed by atoms with E-state index in [1.165, 1.54) is 30.3 Å². The third-order valence-corrected chi connectivity index (χ3v) is 4.85. The zero-order chi connectivity index (χ0) is 14.9. The van der Waals surface area contributed by atoms with Gasteiger partial charge in [0.05, 0.1) is 10.6 Å². The smallest absolute Gasteiger partial charge is 0.182 e. The van der Waals surface area contributed by atoms with Crippen molar-refractivity contribution in [3.63, 3.8) is 0 Å². The van der Waals surface area contributed by atoms with E-state index in [2.05, 4.69) is 0 Å². The van der Waals surface area contributed by atoms with Gasteiger partial charge in [0.1, 0.15) is 5.82 Å². The number of nitrogen functional groups attached to an aromatic ring is 1. The average molecular weight is 314 g/mol. The molecule has 0 fully saturated rings. The largest absolute Gasteiger partial charge is 0.399 e. The Kier molecular flexibility index (Phi) is 4.01. The summed E-state index contributed by atoms with van der Waals surface area (Å²) < 4.78 is 38.2. The third kappa shape index (κ3) is 3.11. The summed E-state index contributed by atoms with van der Waals surface area (Å²) in [4.78, 5) is 0.114. The van der Waals surface area contributed by atoms with Crippen LogP contribution < -0.4 is 5.73 Å². The van der Waals surface area contributed by atoms with Crippen LogP contribution in [0.5, 0.6) is 0 Å². The first-order chi connectivity index (χ1) is 9.29. The Morgan fingerprint density at radius 2 is 1.90 bits per heavy atom. The Hall–Kier alpha value is -1.59. The van der Waals surface area contributed by atoms with Crippen LogP contribution in [0, 0.1) is 12.7 Å². The van der Waals surface area contributed by atoms with Crippen molar-refractivity contribution in [2.45, 2.75) is 17.6 Å². The summed E-state index contributed by atoms with van der Waals surface area (Å²) >= 11 is 5.76. The number of rotatable bonds is 3. The molecule has 0 aromatic heterocycles. The molecule has 20 heavy (non-hydrogen) atoms. The minimum atomic E-state index is -3.65. The summed E-state index contributed by atoms with van der Waals surface area (Å²) in [7, 11) is -3.65. The predicted molar refractivity (Wildman–Crippen MR) is 77.9 cm³/mol. The van der Waals surface area contributed by atoms with E-state index in [-0.39, 0.29) is 10.5 Å². The molecule has 0 aliphatic heterocycles. The molecule has 0 aliphatic rings. The molecular formula is C14H13ClFNO2S. The van der Waals surface area contributed by atoms with Crippen LogP contribution in [-0.2, 0) is 15.6 Å². The quantitative estimate of drug-likeness (QED) is 0.884. The fourth-order valence-corrected chi connectivity index (χ4v) is 3.41. The first kappa shape index (κ1) is 14.8. The monoisotopic (exact) mass is 313 g/mol. The van der Waals surface area contributed by atoms with Crippen molar-refractivity contribution < 1.29 is 12.8 Å². The van der Waals surface area contributed by atoms with Crippen LogP contribution in [0.15, 0.2) is 41.3 Å². The second kappa shape index (κ2) is 5.42. The number of halogens is 2. The molecule has 0 saturated carbocycles. The van der Waals surface area contributed by atoms with Gasteiger partial charge in [0.2, 0.25) is 0 Å². The Bertz CT molecular complexity index is 760. The number of aryl methyl sites for hydroxylation is 1. The highest BCUT2D eigenvalue weighted by Gasteiger charge is 2.18. The molecule has 0 aliphatic carbocycles. The van der Waals surface area contributed by atoms with Crippen LogP contribution >= 0.6 is 11.6 Å². The van der Waals surface area contributed by atoms with Gasteiger partial charge in [-0.3, -0.25) is 0 Å². The molecule has 3 nitrogen and oxygen atoms in total. The number of sulfone groups is 1. The molecule has 2 aromatic carbocycles. The third-order valence-electron chi connectivity index (χ3n) is 2.95. The van der Waals surface area contributed by atoms with Crippen molar-refractivity contribution in [3.8, 4) is 0 Å². The van der Waals surface area contributed by atoms with Gasteiger partial charge in [-0.15, -0.1) is 0 Å². The number of benzene rings is 2. The Labute approximate surface area is 122 Å². The van der Waals surface area contributed by atoms with E-state index in [1.807, 2.05) is 0 Å². The van der Waals surface area contributed by atoms with E-state index in [1.54, 1.807) is 6.92 Å². The zero-order valence-corrected chi connectivity index (χ0v) is 12.3. The molecule has 2 rings (SSSR count). The van der Waals surface area contributed by atoms with Gasteiger partial charge in [-0.1, -0.05) is 11.6 Å². The summed E-state index contributed by atoms with van der Waals surface area (Å²) in [5.41, 5.74) is 6.88. The molecule has 0 spiro atoms. The van der Waals surface area contributed by atoms with Crippen molar-refractivity contribution >= 4 is 27.1 Å². The lowest BCUT2D eigenvalue weighted by atomic mass is 10.2. The molecule has 0 atom stereocenters. The topological polar surface area (TPSA) is 60.2 Å². The summed E-state index contributed by atoms with van der Waals surface area (Å²) in [5.74, 6) is -1.03. The second-order valence-electron chi connectivity index (χ2n) is 4.51. The molecule has 0 radical (unpaired) electrons. The number of hydrogen-bond donors (Lipinski definition) is 1. The standard InChI is InChI=1S/C14H13ClFNO2S/c1-9-6-12(3-5-14(9)17)20(18,19)8-10-7-11(15)2-4-13(10)16/h2-7H,8,17H2,1H3. The van der Waals surface area contributed by atoms with E-state index in [9.17, 15) is 12.8 Å². The SMILES string of the molecule is Cc1cc(S(=O)(=O)Cc2cc(Cl)ccc2F)ccc1N. The van der Waals surface area contributed by atoms with Gasteiger partial charge in [0.15, 0.2) is 9.84 Å². The fraction of sp³-hybridized carbons (Fsp3) is 0.143. The van der Waals surface area contributed by atoms with Crippen LogP contribution in [0.4, 0.5) is 10.1 Å². The van der Waals surface area contributed by atoms with Crippen LogP contribution in [-0.4, -0.2) is 8.42 Å². The molecule has 0 amide bonds. The maximum atomic E-state index is 13.6. The summed E-state index contributed by atoms with van der Waals surface area (Å²) in [5, 5.41) is 0.296. The van der Waals surface area contributed by atoms with Gasteiger partial charge in [-0.25, -0.2) is 12.8 Å². The molecule has 106 valence electrons. The van der Waals surface area contributed by atoms with Crippen LogP contribution in [0.3, 0.4) is 0 Å². The van der Waals surface area contributed by atoms with E-state index in [0.29, 0.717) is 16.3 Å². The first-order valence-electron chi connectivity index (χ1n) is 5.82. The van der Waals surface area contributed by atoms with Gasteiger partial charge < -0.3 is 5.73 Å². The molecule has 0 saturated heterocycles. The molecule has 6 heteroatoms. The maximum Gasteiger partial charge on any atom is 0.182 e. The van der Waals surface area contributed by atoms with Crippen LogP contribution in [0.2, 0.25) is 5.02 Å². The molecule has 0 bridgehead atoms. The molecule has 0 unspecified atom stereocenters. The minimum absolute atomic E-state index is 0.0481. The molecule has 2 aromatic rings. The normalized spacial score (nSPS) is 11.6. The highest BCUT2D eigenvalue weighted by Crippen LogP contribution is 2.23. The summed E-state index contributed by atoms with van der Waals surface area (Å²) in [6.07, 6.45) is 0. The van der Waals surface area contributed by atoms with Crippen molar-refractivity contribution in [2.75, 3.05) is 5.73 Å². The van der Waals surface area contributed by atoms with E-state index in [4.69, 9.17) is 17.3 Å². The predicted octanol–water partition coefficient (Wildman–Crippen LogP) is 3.34. The van der Waals surface area contributed by atoms with Gasteiger partial charge in [0.25, 0.3) is 0 Å². The summed E-state index contributed by atoms with van der Waals surface area (Å²) in [6.45, 7) is 1.72. The van der Waals surface area contributed by atoms with Crippen molar-refractivity contribution in [2.24, 2.45) is 0 Å². The number of nitrogens with two attached hydrogens (primary N) is 1. The van der Waals surface area contributed by atoms with E-state index >= 15 is 0 Å². The average Bonchev–Trinajstić information content (AvgIpc) is 2.36. The lowest BCUT2D eigenvalue weighted by Crippen LogP contribution is -2.07. The van der Waals surface area contributed by atoms with Crippen molar-refractivity contribution in [3.05, 3.63) is 58.4 Å². The zero-order valence-electron chi connectivity index (χ0n) is 10.7. The minimum Gasteiger partial charge on any atom is -0.399 e. The maximum absolute atomic E-state index is 13.6. The second-order valence-corrected chi connectivity index (χ2v) is 6.94. The lowest BCUT2D eigenvalue weighted by molar-refractivity contribution is 0.587. The van der Waals surface area contributed by atoms with Crippen LogP contribution in [0.1, 0.15) is 11.1 Å². The van der Waals surface area contributed by atoms with E-state index in [0.717, 1.165) is 6.07 Å². The Morgan fingerprint density at radius 3 is 2.55 bits per heavy atom. The highest BCUT2D eigenvalue weighted by atomic mass is 35.5. The fourth-order valence-electron chi connectivity index (χ4n) is 1.78. The number of anilines is 1. The Morgan fingerprint density at radius 1 is 1.20 bits per heavy atom. The van der Waals surface area contributed by atoms with Gasteiger partial charge in [-0.2, -0.15) is 0 Å². The lowest BCUT2D eigenvalue weighted by Gasteiger charge is -2.08. The first-order valence-corrected chi connectivity index (χ1v) is 7.85. The Balaban J connectivity index is 2.40. The van der Waals surface area contributed by atoms with Crippen molar-refractivity contribution in [1.29, 1.82) is 0 Å². The van der Waals surface area contributed by atoms with Crippen LogP contribution in [0.25, 0.3) is 0 Å².